The van der Waals surface area contributed by atoms with Crippen LogP contribution in [-0.2, 0) is 9.84 Å². The summed E-state index contributed by atoms with van der Waals surface area (Å²) in [6.45, 7) is 2.80. The Bertz CT molecular complexity index is 213. The first kappa shape index (κ1) is 12.9. The lowest BCUT2D eigenvalue weighted by atomic mass is 10.3. The third kappa shape index (κ3) is 9.79. The summed E-state index contributed by atoms with van der Waals surface area (Å²) < 4.78 is 21.7. The fourth-order valence-corrected chi connectivity index (χ4v) is 2.12. The third-order valence-electron chi connectivity index (χ3n) is 1.63. The molecule has 1 atom stereocenters. The van der Waals surface area contributed by atoms with Crippen LogP contribution in [0.2, 0.25) is 0 Å². The molecule has 13 heavy (non-hydrogen) atoms. The lowest BCUT2D eigenvalue weighted by molar-refractivity contribution is 0.283. The maximum Gasteiger partial charge on any atom is 0.148 e. The molecule has 1 unspecified atom stereocenters. The molecule has 0 aliphatic rings. The van der Waals surface area contributed by atoms with Crippen LogP contribution in [0.1, 0.15) is 19.8 Å². The van der Waals surface area contributed by atoms with Gasteiger partial charge in [-0.1, -0.05) is 0 Å². The van der Waals surface area contributed by atoms with Crippen molar-refractivity contribution in [3.05, 3.63) is 0 Å². The lowest BCUT2D eigenvalue weighted by Gasteiger charge is -2.11. The van der Waals surface area contributed by atoms with Crippen LogP contribution in [0.4, 0.5) is 0 Å². The predicted molar refractivity (Wildman–Crippen MR) is 53.5 cm³/mol. The number of rotatable bonds is 7. The largest absolute Gasteiger partial charge is 0.396 e. The van der Waals surface area contributed by atoms with Gasteiger partial charge in [0.15, 0.2) is 0 Å². The standard InChI is InChI=1S/C8H19NO3S/c1-8(7-13(2,11)12)9-5-3-4-6-10/h8-10H,3-7H2,1-2H3. The molecule has 0 aromatic rings. The van der Waals surface area contributed by atoms with E-state index >= 15 is 0 Å². The average molecular weight is 209 g/mol. The molecule has 0 heterocycles. The summed E-state index contributed by atoms with van der Waals surface area (Å²) in [5.74, 6) is 0.173. The van der Waals surface area contributed by atoms with Gasteiger partial charge in [-0.05, 0) is 26.3 Å². The Hall–Kier alpha value is -0.130. The van der Waals surface area contributed by atoms with E-state index in [1.165, 1.54) is 6.26 Å². The number of aliphatic hydroxyl groups is 1. The summed E-state index contributed by atoms with van der Waals surface area (Å²) in [5, 5.41) is 11.6. The van der Waals surface area contributed by atoms with Gasteiger partial charge in [0.05, 0.1) is 5.75 Å². The quantitative estimate of drug-likeness (QED) is 0.569. The molecule has 0 aliphatic carbocycles. The smallest absolute Gasteiger partial charge is 0.148 e. The number of unbranched alkanes of at least 4 members (excludes halogenated alkanes) is 1. The van der Waals surface area contributed by atoms with Crippen LogP contribution in [0, 0.1) is 0 Å². The molecule has 0 aromatic carbocycles. The van der Waals surface area contributed by atoms with Gasteiger partial charge in [0.2, 0.25) is 0 Å². The summed E-state index contributed by atoms with van der Waals surface area (Å²) in [6, 6.07) is -0.00584. The van der Waals surface area contributed by atoms with Crippen LogP contribution in [0.25, 0.3) is 0 Å². The molecule has 0 aliphatic heterocycles. The first-order chi connectivity index (χ1) is 5.95. The first-order valence-electron chi connectivity index (χ1n) is 4.47. The van der Waals surface area contributed by atoms with E-state index in [-0.39, 0.29) is 18.4 Å². The lowest BCUT2D eigenvalue weighted by Crippen LogP contribution is -2.33. The number of hydrogen-bond donors (Lipinski definition) is 2. The number of nitrogens with one attached hydrogen (secondary N) is 1. The van der Waals surface area contributed by atoms with Crippen LogP contribution in [-0.4, -0.2) is 44.7 Å². The van der Waals surface area contributed by atoms with Crippen molar-refractivity contribution in [2.45, 2.75) is 25.8 Å². The summed E-state index contributed by atoms with van der Waals surface area (Å²) in [4.78, 5) is 0. The minimum Gasteiger partial charge on any atom is -0.396 e. The average Bonchev–Trinajstić information content (AvgIpc) is 1.94. The Labute approximate surface area is 80.3 Å². The van der Waals surface area contributed by atoms with E-state index in [1.807, 2.05) is 6.92 Å². The Balaban J connectivity index is 3.47. The van der Waals surface area contributed by atoms with Gasteiger partial charge in [0.1, 0.15) is 9.84 Å². The van der Waals surface area contributed by atoms with E-state index in [2.05, 4.69) is 5.32 Å². The SMILES string of the molecule is CC(CS(C)(=O)=O)NCCCCO. The van der Waals surface area contributed by atoms with Gasteiger partial charge < -0.3 is 10.4 Å². The molecular formula is C8H19NO3S. The van der Waals surface area contributed by atoms with Crippen molar-refractivity contribution in [3.8, 4) is 0 Å². The second kappa shape index (κ2) is 6.34. The van der Waals surface area contributed by atoms with E-state index in [1.54, 1.807) is 0 Å². The number of aliphatic hydroxyl groups excluding tert-OH is 1. The highest BCUT2D eigenvalue weighted by atomic mass is 32.2. The Morgan fingerprint density at radius 3 is 2.46 bits per heavy atom. The molecule has 0 saturated carbocycles. The van der Waals surface area contributed by atoms with E-state index in [4.69, 9.17) is 5.11 Å². The van der Waals surface area contributed by atoms with Gasteiger partial charge in [-0.25, -0.2) is 8.42 Å². The number of sulfone groups is 1. The van der Waals surface area contributed by atoms with Gasteiger partial charge in [-0.2, -0.15) is 0 Å². The fraction of sp³-hybridized carbons (Fsp3) is 1.00. The molecule has 0 fully saturated rings. The van der Waals surface area contributed by atoms with Crippen LogP contribution in [0.5, 0.6) is 0 Å². The molecule has 0 radical (unpaired) electrons. The van der Waals surface area contributed by atoms with Crippen molar-refractivity contribution in [1.82, 2.24) is 5.32 Å². The highest BCUT2D eigenvalue weighted by molar-refractivity contribution is 7.90. The fourth-order valence-electron chi connectivity index (χ4n) is 1.10. The minimum atomic E-state index is -2.88. The predicted octanol–water partition coefficient (Wildman–Crippen LogP) is -0.218. The normalized spacial score (nSPS) is 14.4. The van der Waals surface area contributed by atoms with Crippen molar-refractivity contribution in [3.63, 3.8) is 0 Å². The van der Waals surface area contributed by atoms with Crippen molar-refractivity contribution in [1.29, 1.82) is 0 Å². The van der Waals surface area contributed by atoms with Gasteiger partial charge in [-0.15, -0.1) is 0 Å². The molecular weight excluding hydrogens is 190 g/mol. The zero-order valence-electron chi connectivity index (χ0n) is 8.28. The van der Waals surface area contributed by atoms with Crippen LogP contribution < -0.4 is 5.32 Å². The molecule has 0 amide bonds. The summed E-state index contributed by atoms with van der Waals surface area (Å²) in [5.41, 5.74) is 0. The molecule has 0 aromatic heterocycles. The van der Waals surface area contributed by atoms with E-state index in [0.717, 1.165) is 19.4 Å². The molecule has 0 spiro atoms. The minimum absolute atomic E-state index is 0.00584. The van der Waals surface area contributed by atoms with Crippen LogP contribution >= 0.6 is 0 Å². The van der Waals surface area contributed by atoms with Gasteiger partial charge >= 0.3 is 0 Å². The van der Waals surface area contributed by atoms with Crippen molar-refractivity contribution in [2.75, 3.05) is 25.2 Å². The van der Waals surface area contributed by atoms with Crippen LogP contribution in [0.3, 0.4) is 0 Å². The van der Waals surface area contributed by atoms with E-state index in [0.29, 0.717) is 0 Å². The third-order valence-corrected chi connectivity index (χ3v) is 2.74. The Morgan fingerprint density at radius 1 is 1.38 bits per heavy atom. The van der Waals surface area contributed by atoms with Gasteiger partial charge in [0, 0.05) is 18.9 Å². The molecule has 4 nitrogen and oxygen atoms in total. The van der Waals surface area contributed by atoms with Crippen molar-refractivity contribution in [2.24, 2.45) is 0 Å². The highest BCUT2D eigenvalue weighted by Crippen LogP contribution is 1.91. The molecule has 0 bridgehead atoms. The topological polar surface area (TPSA) is 66.4 Å². The molecule has 0 saturated heterocycles. The monoisotopic (exact) mass is 209 g/mol. The number of hydrogen-bond acceptors (Lipinski definition) is 4. The maximum atomic E-state index is 10.9. The van der Waals surface area contributed by atoms with Gasteiger partial charge in [0.25, 0.3) is 0 Å². The Kier molecular flexibility index (Phi) is 6.28. The van der Waals surface area contributed by atoms with E-state index < -0.39 is 9.84 Å². The van der Waals surface area contributed by atoms with Crippen molar-refractivity contribution < 1.29 is 13.5 Å². The second-order valence-electron chi connectivity index (χ2n) is 3.38. The van der Waals surface area contributed by atoms with Gasteiger partial charge in [-0.3, -0.25) is 0 Å². The van der Waals surface area contributed by atoms with Crippen molar-refractivity contribution >= 4 is 9.84 Å². The molecule has 0 rings (SSSR count). The Morgan fingerprint density at radius 2 is 2.00 bits per heavy atom. The summed E-state index contributed by atoms with van der Waals surface area (Å²) in [6.07, 6.45) is 2.88. The van der Waals surface area contributed by atoms with E-state index in [9.17, 15) is 8.42 Å². The second-order valence-corrected chi connectivity index (χ2v) is 5.56. The first-order valence-corrected chi connectivity index (χ1v) is 6.53. The summed E-state index contributed by atoms with van der Waals surface area (Å²) in [7, 11) is -2.88. The highest BCUT2D eigenvalue weighted by Gasteiger charge is 2.08. The zero-order valence-corrected chi connectivity index (χ0v) is 9.10. The zero-order chi connectivity index (χ0) is 10.3. The molecule has 5 heteroatoms. The van der Waals surface area contributed by atoms with Crippen LogP contribution in [0.15, 0.2) is 0 Å². The maximum absolute atomic E-state index is 10.9. The molecule has 2 N–H and O–H groups in total. The molecule has 80 valence electrons. The summed E-state index contributed by atoms with van der Waals surface area (Å²) >= 11 is 0.